The molecule has 0 aromatic carbocycles. The number of nitrogen functional groups attached to an aromatic ring is 1. The van der Waals surface area contributed by atoms with Crippen molar-refractivity contribution in [2.24, 2.45) is 0 Å². The molecule has 0 bridgehead atoms. The number of anilines is 1. The molecule has 0 fully saturated rings. The van der Waals surface area contributed by atoms with Crippen LogP contribution < -0.4 is 17.0 Å². The summed E-state index contributed by atoms with van der Waals surface area (Å²) < 4.78 is 3.05. The van der Waals surface area contributed by atoms with Crippen LogP contribution in [-0.2, 0) is 13.1 Å². The van der Waals surface area contributed by atoms with Gasteiger partial charge >= 0.3 is 5.69 Å². The van der Waals surface area contributed by atoms with Crippen molar-refractivity contribution in [3.63, 3.8) is 0 Å². The maximum absolute atomic E-state index is 11.5. The summed E-state index contributed by atoms with van der Waals surface area (Å²) in [6.45, 7) is 1.04. The summed E-state index contributed by atoms with van der Waals surface area (Å²) in [5, 5.41) is 0. The number of hydrogen-bond acceptors (Lipinski definition) is 4. The Labute approximate surface area is 103 Å². The van der Waals surface area contributed by atoms with Crippen molar-refractivity contribution in [2.45, 2.75) is 19.5 Å². The van der Waals surface area contributed by atoms with Gasteiger partial charge in [-0.3, -0.25) is 9.36 Å². The summed E-state index contributed by atoms with van der Waals surface area (Å²) in [4.78, 5) is 26.5. The second-order valence-electron chi connectivity index (χ2n) is 3.94. The third-order valence-electron chi connectivity index (χ3n) is 2.59. The molecule has 0 aliphatic heterocycles. The predicted molar refractivity (Wildman–Crippen MR) is 68.2 cm³/mol. The summed E-state index contributed by atoms with van der Waals surface area (Å²) in [5.74, 6) is 0. The molecule has 2 N–H and O–H groups in total. The lowest BCUT2D eigenvalue weighted by atomic mass is 10.3. The molecule has 0 radical (unpaired) electrons. The van der Waals surface area contributed by atoms with Crippen molar-refractivity contribution in [3.05, 3.63) is 57.6 Å². The van der Waals surface area contributed by atoms with Crippen LogP contribution in [0.25, 0.3) is 0 Å². The Morgan fingerprint density at radius 2 is 1.94 bits per heavy atom. The predicted octanol–water partition coefficient (Wildman–Crippen LogP) is 0.0775. The van der Waals surface area contributed by atoms with E-state index in [0.29, 0.717) is 25.2 Å². The summed E-state index contributed by atoms with van der Waals surface area (Å²) in [7, 11) is 0. The fourth-order valence-corrected chi connectivity index (χ4v) is 1.69. The molecule has 6 heteroatoms. The molecule has 0 atom stereocenters. The summed E-state index contributed by atoms with van der Waals surface area (Å²) >= 11 is 0. The molecule has 94 valence electrons. The Kier molecular flexibility index (Phi) is 3.57. The van der Waals surface area contributed by atoms with Gasteiger partial charge in [0.1, 0.15) is 0 Å². The van der Waals surface area contributed by atoms with E-state index < -0.39 is 0 Å². The zero-order valence-electron chi connectivity index (χ0n) is 9.82. The van der Waals surface area contributed by atoms with Crippen molar-refractivity contribution in [1.29, 1.82) is 0 Å². The zero-order valence-corrected chi connectivity index (χ0v) is 9.82. The van der Waals surface area contributed by atoms with Gasteiger partial charge < -0.3 is 10.3 Å². The smallest absolute Gasteiger partial charge is 0.347 e. The number of nitrogens with two attached hydrogens (primary N) is 1. The van der Waals surface area contributed by atoms with Gasteiger partial charge in [-0.25, -0.2) is 9.78 Å². The number of nitrogens with zero attached hydrogens (tertiary/aromatic N) is 3. The highest BCUT2D eigenvalue weighted by atomic mass is 16.1. The third-order valence-corrected chi connectivity index (χ3v) is 2.59. The van der Waals surface area contributed by atoms with E-state index in [4.69, 9.17) is 5.73 Å². The summed E-state index contributed by atoms with van der Waals surface area (Å²) in [6, 6.07) is 4.71. The molecule has 0 amide bonds. The van der Waals surface area contributed by atoms with E-state index in [9.17, 15) is 9.59 Å². The van der Waals surface area contributed by atoms with Crippen molar-refractivity contribution in [1.82, 2.24) is 14.1 Å². The van der Waals surface area contributed by atoms with Gasteiger partial charge in [-0.1, -0.05) is 0 Å². The number of rotatable bonds is 4. The van der Waals surface area contributed by atoms with Gasteiger partial charge in [0.2, 0.25) is 0 Å². The van der Waals surface area contributed by atoms with Crippen LogP contribution in [0.4, 0.5) is 5.69 Å². The van der Waals surface area contributed by atoms with Crippen LogP contribution in [0, 0.1) is 0 Å². The molecule has 0 aliphatic carbocycles. The normalized spacial score (nSPS) is 10.4. The SMILES string of the molecule is Nc1ccc(=O)n(CCCn2cccnc2=O)c1. The maximum Gasteiger partial charge on any atom is 0.347 e. The maximum atomic E-state index is 11.5. The molecule has 0 saturated carbocycles. The van der Waals surface area contributed by atoms with E-state index in [1.54, 1.807) is 24.5 Å². The minimum absolute atomic E-state index is 0.0947. The molecule has 0 spiro atoms. The van der Waals surface area contributed by atoms with E-state index >= 15 is 0 Å². The Morgan fingerprint density at radius 3 is 2.72 bits per heavy atom. The lowest BCUT2D eigenvalue weighted by Gasteiger charge is -2.07. The van der Waals surface area contributed by atoms with E-state index in [0.717, 1.165) is 0 Å². The van der Waals surface area contributed by atoms with Crippen LogP contribution in [0.1, 0.15) is 6.42 Å². The fourth-order valence-electron chi connectivity index (χ4n) is 1.69. The molecule has 0 saturated heterocycles. The van der Waals surface area contributed by atoms with Gasteiger partial charge in [0.05, 0.1) is 0 Å². The van der Waals surface area contributed by atoms with Gasteiger partial charge in [-0.2, -0.15) is 0 Å². The van der Waals surface area contributed by atoms with Gasteiger partial charge in [-0.05, 0) is 18.6 Å². The largest absolute Gasteiger partial charge is 0.398 e. The minimum Gasteiger partial charge on any atom is -0.398 e. The number of hydrogen-bond donors (Lipinski definition) is 1. The summed E-state index contributed by atoms with van der Waals surface area (Å²) in [6.07, 6.45) is 5.40. The second-order valence-corrected chi connectivity index (χ2v) is 3.94. The third kappa shape index (κ3) is 2.85. The molecule has 2 aromatic rings. The van der Waals surface area contributed by atoms with Gasteiger partial charge in [0.15, 0.2) is 0 Å². The molecule has 0 aliphatic rings. The van der Waals surface area contributed by atoms with E-state index in [1.807, 2.05) is 0 Å². The molecule has 0 unspecified atom stereocenters. The highest BCUT2D eigenvalue weighted by Gasteiger charge is 1.98. The number of aromatic nitrogens is 3. The van der Waals surface area contributed by atoms with Crippen molar-refractivity contribution in [3.8, 4) is 0 Å². The fraction of sp³-hybridized carbons (Fsp3) is 0.250. The first-order chi connectivity index (χ1) is 8.66. The van der Waals surface area contributed by atoms with Gasteiger partial charge in [-0.15, -0.1) is 0 Å². The molecule has 2 aromatic heterocycles. The average molecular weight is 246 g/mol. The Bertz CT molecular complexity index is 645. The van der Waals surface area contributed by atoms with E-state index in [2.05, 4.69) is 4.98 Å². The minimum atomic E-state index is -0.280. The summed E-state index contributed by atoms with van der Waals surface area (Å²) in [5.41, 5.74) is 5.78. The molecule has 6 nitrogen and oxygen atoms in total. The quantitative estimate of drug-likeness (QED) is 0.828. The van der Waals surface area contributed by atoms with E-state index in [1.165, 1.54) is 21.4 Å². The second kappa shape index (κ2) is 5.31. The molecular weight excluding hydrogens is 232 g/mol. The van der Waals surface area contributed by atoms with Crippen molar-refractivity contribution < 1.29 is 0 Å². The Hall–Kier alpha value is -2.37. The molecule has 18 heavy (non-hydrogen) atoms. The van der Waals surface area contributed by atoms with Crippen LogP contribution in [0.5, 0.6) is 0 Å². The highest BCUT2D eigenvalue weighted by molar-refractivity contribution is 5.33. The number of aryl methyl sites for hydroxylation is 2. The van der Waals surface area contributed by atoms with Crippen LogP contribution >= 0.6 is 0 Å². The standard InChI is InChI=1S/C12H14N4O2/c13-10-3-4-11(17)16(9-10)8-2-7-15-6-1-5-14-12(15)18/h1,3-6,9H,2,7-8,13H2. The van der Waals surface area contributed by atoms with Crippen LogP contribution in [-0.4, -0.2) is 14.1 Å². The molecule has 2 heterocycles. The molecular formula is C12H14N4O2. The lowest BCUT2D eigenvalue weighted by molar-refractivity contribution is 0.537. The van der Waals surface area contributed by atoms with Crippen molar-refractivity contribution in [2.75, 3.05) is 5.73 Å². The molecule has 2 rings (SSSR count). The average Bonchev–Trinajstić information content (AvgIpc) is 2.36. The Morgan fingerprint density at radius 1 is 1.17 bits per heavy atom. The zero-order chi connectivity index (χ0) is 13.0. The monoisotopic (exact) mass is 246 g/mol. The topological polar surface area (TPSA) is 82.9 Å². The lowest BCUT2D eigenvalue weighted by Crippen LogP contribution is -2.24. The first-order valence-corrected chi connectivity index (χ1v) is 5.64. The highest BCUT2D eigenvalue weighted by Crippen LogP contribution is 1.97. The first-order valence-electron chi connectivity index (χ1n) is 5.64. The number of pyridine rings is 1. The van der Waals surface area contributed by atoms with Gasteiger partial charge in [0, 0.05) is 43.4 Å². The first kappa shape index (κ1) is 12.1. The van der Waals surface area contributed by atoms with Gasteiger partial charge in [0.25, 0.3) is 5.56 Å². The van der Waals surface area contributed by atoms with Crippen LogP contribution in [0.3, 0.4) is 0 Å². The van der Waals surface area contributed by atoms with E-state index in [-0.39, 0.29) is 11.2 Å². The van der Waals surface area contributed by atoms with Crippen molar-refractivity contribution >= 4 is 5.69 Å². The Balaban J connectivity index is 2.01. The van der Waals surface area contributed by atoms with Crippen LogP contribution in [0.2, 0.25) is 0 Å². The van der Waals surface area contributed by atoms with Crippen LogP contribution in [0.15, 0.2) is 46.4 Å².